The van der Waals surface area contributed by atoms with Gasteiger partial charge in [-0.25, -0.2) is 15.0 Å². The van der Waals surface area contributed by atoms with Gasteiger partial charge in [0.25, 0.3) is 5.56 Å². The Morgan fingerprint density at radius 3 is 2.23 bits per heavy atom. The highest BCUT2D eigenvalue weighted by molar-refractivity contribution is 5.87. The minimum atomic E-state index is -0.217. The predicted molar refractivity (Wildman–Crippen MR) is 158 cm³/mol. The molecule has 0 radical (unpaired) electrons. The first-order valence-electron chi connectivity index (χ1n) is 13.9. The van der Waals surface area contributed by atoms with Gasteiger partial charge in [0.05, 0.1) is 26.4 Å². The van der Waals surface area contributed by atoms with E-state index >= 15 is 0 Å². The van der Waals surface area contributed by atoms with Gasteiger partial charge in [0.15, 0.2) is 17.3 Å². The predicted octanol–water partition coefficient (Wildman–Crippen LogP) is 2.69. The molecule has 2 aliphatic heterocycles. The molecule has 0 unspecified atom stereocenters. The topological polar surface area (TPSA) is 97.6 Å². The molecule has 2 saturated heterocycles. The van der Waals surface area contributed by atoms with Crippen LogP contribution in [0, 0.1) is 0 Å². The third-order valence-corrected chi connectivity index (χ3v) is 7.18. The summed E-state index contributed by atoms with van der Waals surface area (Å²) in [6, 6.07) is 9.81. The zero-order valence-corrected chi connectivity index (χ0v) is 22.9. The summed E-state index contributed by atoms with van der Waals surface area (Å²) >= 11 is 0. The van der Waals surface area contributed by atoms with Gasteiger partial charge in [0.2, 0.25) is 0 Å². The smallest absolute Gasteiger partial charge is 0.278 e. The van der Waals surface area contributed by atoms with E-state index in [-0.39, 0.29) is 5.56 Å². The van der Waals surface area contributed by atoms with Gasteiger partial charge in [-0.1, -0.05) is 61.7 Å². The molecule has 2 aliphatic rings. The number of rotatable bonds is 11. The van der Waals surface area contributed by atoms with E-state index in [0.717, 1.165) is 51.5 Å². The standard InChI is InChI=1S/C30H37N7O3/c1-3-8-23(4-2)25-30(38)37(14-13-36-17-21-40-22-18-36)29-26(32-25)28(31-11-12-35-15-19-39-20-16-35)33-27(34-29)24-9-6-5-7-10-24/h3-10H,1-2,11-22H2,(H,31,33,34)/b23-8+. The van der Waals surface area contributed by atoms with Crippen molar-refractivity contribution in [1.29, 1.82) is 0 Å². The normalized spacial score (nSPS) is 17.1. The molecule has 10 heteroatoms. The number of fused-ring (bicyclic) bond motifs is 1. The first kappa shape index (κ1) is 27.9. The van der Waals surface area contributed by atoms with Crippen LogP contribution in [0.3, 0.4) is 0 Å². The lowest BCUT2D eigenvalue weighted by Crippen LogP contribution is -2.40. The second kappa shape index (κ2) is 13.6. The van der Waals surface area contributed by atoms with Crippen molar-refractivity contribution in [1.82, 2.24) is 29.3 Å². The lowest BCUT2D eigenvalue weighted by atomic mass is 10.1. The van der Waals surface area contributed by atoms with Crippen molar-refractivity contribution in [2.24, 2.45) is 0 Å². The van der Waals surface area contributed by atoms with E-state index in [1.165, 1.54) is 0 Å². The van der Waals surface area contributed by atoms with Crippen molar-refractivity contribution < 1.29 is 9.47 Å². The fourth-order valence-electron chi connectivity index (χ4n) is 4.95. The molecule has 210 valence electrons. The van der Waals surface area contributed by atoms with Crippen LogP contribution < -0.4 is 10.9 Å². The SMILES string of the molecule is C=C/C=C(\C=C)c1nc2c(NCCN3CCOCC3)nc(-c3ccccc3)nc2n(CCN2CCOCC2)c1=O. The van der Waals surface area contributed by atoms with Crippen LogP contribution in [0.5, 0.6) is 0 Å². The number of hydrogen-bond donors (Lipinski definition) is 1. The summed E-state index contributed by atoms with van der Waals surface area (Å²) < 4.78 is 12.7. The Morgan fingerprint density at radius 1 is 0.900 bits per heavy atom. The van der Waals surface area contributed by atoms with Gasteiger partial charge in [-0.05, 0) is 0 Å². The van der Waals surface area contributed by atoms with Gasteiger partial charge in [-0.2, -0.15) is 0 Å². The van der Waals surface area contributed by atoms with Crippen LogP contribution in [-0.4, -0.2) is 102 Å². The second-order valence-corrected chi connectivity index (χ2v) is 9.75. The summed E-state index contributed by atoms with van der Waals surface area (Å²) in [6.45, 7) is 16.7. The fraction of sp³-hybridized carbons (Fsp3) is 0.400. The molecule has 1 N–H and O–H groups in total. The Labute approximate surface area is 234 Å². The van der Waals surface area contributed by atoms with E-state index in [1.807, 2.05) is 30.3 Å². The first-order chi connectivity index (χ1) is 19.7. The highest BCUT2D eigenvalue weighted by atomic mass is 16.5. The van der Waals surface area contributed by atoms with E-state index in [4.69, 9.17) is 24.4 Å². The summed E-state index contributed by atoms with van der Waals surface area (Å²) in [6.07, 6.45) is 5.02. The molecule has 2 fully saturated rings. The quantitative estimate of drug-likeness (QED) is 0.366. The average Bonchev–Trinajstić information content (AvgIpc) is 3.00. The van der Waals surface area contributed by atoms with E-state index < -0.39 is 0 Å². The maximum atomic E-state index is 13.9. The van der Waals surface area contributed by atoms with E-state index in [0.29, 0.717) is 66.9 Å². The second-order valence-electron chi connectivity index (χ2n) is 9.75. The van der Waals surface area contributed by atoms with Crippen molar-refractivity contribution in [3.8, 4) is 11.4 Å². The lowest BCUT2D eigenvalue weighted by Gasteiger charge is -2.27. The minimum absolute atomic E-state index is 0.217. The highest BCUT2D eigenvalue weighted by Crippen LogP contribution is 2.25. The van der Waals surface area contributed by atoms with Crippen molar-refractivity contribution in [3.05, 3.63) is 77.8 Å². The van der Waals surface area contributed by atoms with Gasteiger partial charge < -0.3 is 14.8 Å². The van der Waals surface area contributed by atoms with Crippen LogP contribution in [0.1, 0.15) is 5.69 Å². The molecule has 0 atom stereocenters. The maximum Gasteiger partial charge on any atom is 0.278 e. The molecule has 0 saturated carbocycles. The molecule has 0 aliphatic carbocycles. The lowest BCUT2D eigenvalue weighted by molar-refractivity contribution is 0.0364. The number of allylic oxidation sites excluding steroid dienone is 4. The summed E-state index contributed by atoms with van der Waals surface area (Å²) in [7, 11) is 0. The molecule has 1 aromatic carbocycles. The largest absolute Gasteiger partial charge is 0.379 e. The summed E-state index contributed by atoms with van der Waals surface area (Å²) in [4.78, 5) is 33.3. The molecule has 2 aromatic heterocycles. The number of morpholine rings is 2. The van der Waals surface area contributed by atoms with Crippen LogP contribution in [0.4, 0.5) is 5.82 Å². The Balaban J connectivity index is 1.61. The monoisotopic (exact) mass is 543 g/mol. The number of ether oxygens (including phenoxy) is 2. The van der Waals surface area contributed by atoms with Crippen LogP contribution >= 0.6 is 0 Å². The summed E-state index contributed by atoms with van der Waals surface area (Å²) in [5.74, 6) is 1.14. The molecule has 40 heavy (non-hydrogen) atoms. The highest BCUT2D eigenvalue weighted by Gasteiger charge is 2.21. The molecule has 5 rings (SSSR count). The number of hydrogen-bond acceptors (Lipinski definition) is 9. The van der Waals surface area contributed by atoms with Gasteiger partial charge in [0.1, 0.15) is 11.2 Å². The van der Waals surface area contributed by atoms with Crippen molar-refractivity contribution >= 4 is 22.6 Å². The van der Waals surface area contributed by atoms with Crippen LogP contribution in [0.25, 0.3) is 28.1 Å². The van der Waals surface area contributed by atoms with Crippen molar-refractivity contribution in [3.63, 3.8) is 0 Å². The Morgan fingerprint density at radius 2 is 1.57 bits per heavy atom. The third-order valence-electron chi connectivity index (χ3n) is 7.18. The molecular weight excluding hydrogens is 506 g/mol. The van der Waals surface area contributed by atoms with Gasteiger partial charge in [-0.15, -0.1) is 0 Å². The fourth-order valence-corrected chi connectivity index (χ4v) is 4.95. The van der Waals surface area contributed by atoms with Crippen LogP contribution in [-0.2, 0) is 16.0 Å². The number of aromatic nitrogens is 4. The molecule has 10 nitrogen and oxygen atoms in total. The van der Waals surface area contributed by atoms with E-state index in [1.54, 1.807) is 22.8 Å². The van der Waals surface area contributed by atoms with Crippen LogP contribution in [0.15, 0.2) is 66.5 Å². The number of nitrogens with one attached hydrogen (secondary N) is 1. The van der Waals surface area contributed by atoms with Crippen molar-refractivity contribution in [2.45, 2.75) is 6.54 Å². The summed E-state index contributed by atoms with van der Waals surface area (Å²) in [5, 5.41) is 3.51. The zero-order chi connectivity index (χ0) is 27.7. The number of benzene rings is 1. The summed E-state index contributed by atoms with van der Waals surface area (Å²) in [5.41, 5.74) is 2.62. The van der Waals surface area contributed by atoms with Crippen LogP contribution in [0.2, 0.25) is 0 Å². The van der Waals surface area contributed by atoms with Crippen molar-refractivity contribution in [2.75, 3.05) is 77.6 Å². The van der Waals surface area contributed by atoms with Gasteiger partial charge in [0, 0.05) is 63.5 Å². The Hall–Kier alpha value is -3.70. The number of nitrogens with zero attached hydrogens (tertiary/aromatic N) is 6. The van der Waals surface area contributed by atoms with E-state index in [2.05, 4.69) is 28.3 Å². The molecule has 0 bridgehead atoms. The zero-order valence-electron chi connectivity index (χ0n) is 22.9. The molecule has 3 aromatic rings. The third kappa shape index (κ3) is 6.53. The molecule has 0 amide bonds. The Kier molecular flexibility index (Phi) is 9.46. The minimum Gasteiger partial charge on any atom is -0.379 e. The number of anilines is 1. The molecule has 0 spiro atoms. The first-order valence-corrected chi connectivity index (χ1v) is 13.9. The van der Waals surface area contributed by atoms with E-state index in [9.17, 15) is 4.79 Å². The Bertz CT molecular complexity index is 1410. The molecule has 4 heterocycles. The molecular formula is C30H37N7O3. The average molecular weight is 544 g/mol. The van der Waals surface area contributed by atoms with Gasteiger partial charge >= 0.3 is 0 Å². The maximum absolute atomic E-state index is 13.9. The van der Waals surface area contributed by atoms with Gasteiger partial charge in [-0.3, -0.25) is 19.2 Å².